The van der Waals surface area contributed by atoms with E-state index in [1.54, 1.807) is 7.11 Å². The molecule has 1 heterocycles. The molecule has 4 nitrogen and oxygen atoms in total. The molecule has 0 aliphatic carbocycles. The summed E-state index contributed by atoms with van der Waals surface area (Å²) in [5, 5.41) is 3.42. The molecule has 0 saturated heterocycles. The molecular weight excluding hydrogens is 306 g/mol. The highest BCUT2D eigenvalue weighted by atomic mass is 79.9. The second kappa shape index (κ2) is 6.73. The van der Waals surface area contributed by atoms with Crippen molar-refractivity contribution in [1.82, 2.24) is 14.9 Å². The van der Waals surface area contributed by atoms with Crippen LogP contribution in [0.5, 0.6) is 5.75 Å². The first-order valence-corrected chi connectivity index (χ1v) is 6.99. The molecule has 102 valence electrons. The van der Waals surface area contributed by atoms with Crippen molar-refractivity contribution >= 4 is 15.9 Å². The maximum Gasteiger partial charge on any atom is 0.133 e. The summed E-state index contributed by atoms with van der Waals surface area (Å²) in [6, 6.07) is 6.11. The van der Waals surface area contributed by atoms with Crippen LogP contribution in [0.1, 0.15) is 11.4 Å². The molecule has 0 amide bonds. The Kier molecular flexibility index (Phi) is 4.99. The summed E-state index contributed by atoms with van der Waals surface area (Å²) in [4.78, 5) is 4.30. The number of halogens is 1. The van der Waals surface area contributed by atoms with Crippen molar-refractivity contribution in [2.45, 2.75) is 13.0 Å². The van der Waals surface area contributed by atoms with Gasteiger partial charge in [0.15, 0.2) is 0 Å². The minimum Gasteiger partial charge on any atom is -0.496 e. The van der Waals surface area contributed by atoms with Crippen LogP contribution in [0.2, 0.25) is 0 Å². The van der Waals surface area contributed by atoms with E-state index in [1.165, 1.54) is 5.56 Å². The average molecular weight is 324 g/mol. The molecule has 1 N–H and O–H groups in total. The molecule has 19 heavy (non-hydrogen) atoms. The molecule has 2 aromatic rings. The van der Waals surface area contributed by atoms with Gasteiger partial charge in [0.05, 0.1) is 11.6 Å². The van der Waals surface area contributed by atoms with Crippen LogP contribution in [0.15, 0.2) is 35.1 Å². The Hall–Kier alpha value is -1.33. The summed E-state index contributed by atoms with van der Waals surface area (Å²) in [6.45, 7) is 1.75. The van der Waals surface area contributed by atoms with E-state index in [9.17, 15) is 0 Å². The molecule has 0 aliphatic heterocycles. The fourth-order valence-electron chi connectivity index (χ4n) is 1.89. The quantitative estimate of drug-likeness (QED) is 0.830. The molecule has 0 aliphatic rings. The maximum atomic E-state index is 5.21. The Morgan fingerprint density at radius 2 is 2.26 bits per heavy atom. The van der Waals surface area contributed by atoms with Crippen LogP contribution in [-0.4, -0.2) is 23.2 Å². The zero-order valence-electron chi connectivity index (χ0n) is 11.2. The number of rotatable bonds is 6. The third kappa shape index (κ3) is 3.81. The van der Waals surface area contributed by atoms with E-state index in [4.69, 9.17) is 4.74 Å². The lowest BCUT2D eigenvalue weighted by Crippen LogP contribution is -2.18. The van der Waals surface area contributed by atoms with Crippen LogP contribution in [0.4, 0.5) is 0 Å². The molecule has 1 aromatic heterocycles. The highest BCUT2D eigenvalue weighted by Gasteiger charge is 2.02. The SMILES string of the molecule is COc1ccc(CNCCc2nccn2C)cc1Br. The van der Waals surface area contributed by atoms with E-state index in [0.717, 1.165) is 35.6 Å². The Balaban J connectivity index is 1.80. The van der Waals surface area contributed by atoms with E-state index < -0.39 is 0 Å². The summed E-state index contributed by atoms with van der Waals surface area (Å²) in [7, 11) is 3.69. The van der Waals surface area contributed by atoms with Crippen molar-refractivity contribution in [1.29, 1.82) is 0 Å². The third-order valence-electron chi connectivity index (χ3n) is 2.99. The molecule has 0 saturated carbocycles. The lowest BCUT2D eigenvalue weighted by atomic mass is 10.2. The lowest BCUT2D eigenvalue weighted by Gasteiger charge is -2.08. The van der Waals surface area contributed by atoms with Gasteiger partial charge < -0.3 is 14.6 Å². The molecule has 0 unspecified atom stereocenters. The van der Waals surface area contributed by atoms with Gasteiger partial charge in [-0.2, -0.15) is 0 Å². The number of aryl methyl sites for hydroxylation is 1. The second-order valence-corrected chi connectivity index (χ2v) is 5.20. The van der Waals surface area contributed by atoms with Gasteiger partial charge in [-0.3, -0.25) is 0 Å². The standard InChI is InChI=1S/C14H18BrN3O/c1-18-8-7-17-14(18)5-6-16-10-11-3-4-13(19-2)12(15)9-11/h3-4,7-9,16H,5-6,10H2,1-2H3. The zero-order chi connectivity index (χ0) is 13.7. The van der Waals surface area contributed by atoms with Crippen molar-refractivity contribution in [3.63, 3.8) is 0 Å². The summed E-state index contributed by atoms with van der Waals surface area (Å²) in [6.07, 6.45) is 4.73. The number of hydrogen-bond donors (Lipinski definition) is 1. The fraction of sp³-hybridized carbons (Fsp3) is 0.357. The number of hydrogen-bond acceptors (Lipinski definition) is 3. The number of ether oxygens (including phenoxy) is 1. The van der Waals surface area contributed by atoms with Crippen LogP contribution in [0, 0.1) is 0 Å². The van der Waals surface area contributed by atoms with Crippen LogP contribution in [-0.2, 0) is 20.0 Å². The molecule has 0 radical (unpaired) electrons. The van der Waals surface area contributed by atoms with Crippen LogP contribution >= 0.6 is 15.9 Å². The van der Waals surface area contributed by atoms with Crippen molar-refractivity contribution in [2.75, 3.05) is 13.7 Å². The number of benzene rings is 1. The van der Waals surface area contributed by atoms with Gasteiger partial charge in [-0.15, -0.1) is 0 Å². The van der Waals surface area contributed by atoms with Crippen LogP contribution < -0.4 is 10.1 Å². The molecular formula is C14H18BrN3O. The zero-order valence-corrected chi connectivity index (χ0v) is 12.8. The first-order valence-electron chi connectivity index (χ1n) is 6.20. The summed E-state index contributed by atoms with van der Waals surface area (Å²) in [5.41, 5.74) is 1.23. The Labute approximate surface area is 121 Å². The van der Waals surface area contributed by atoms with E-state index in [2.05, 4.69) is 38.4 Å². The van der Waals surface area contributed by atoms with Crippen LogP contribution in [0.3, 0.4) is 0 Å². The summed E-state index contributed by atoms with van der Waals surface area (Å²) < 4.78 is 8.24. The minimum absolute atomic E-state index is 0.840. The monoisotopic (exact) mass is 323 g/mol. The highest BCUT2D eigenvalue weighted by Crippen LogP contribution is 2.25. The molecule has 0 fully saturated rings. The Morgan fingerprint density at radius 1 is 1.42 bits per heavy atom. The predicted octanol–water partition coefficient (Wildman–Crippen LogP) is 2.52. The van der Waals surface area contributed by atoms with Crippen molar-refractivity contribution < 1.29 is 4.74 Å². The van der Waals surface area contributed by atoms with Gasteiger partial charge in [-0.1, -0.05) is 6.07 Å². The first-order chi connectivity index (χ1) is 9.20. The minimum atomic E-state index is 0.840. The highest BCUT2D eigenvalue weighted by molar-refractivity contribution is 9.10. The van der Waals surface area contributed by atoms with Gasteiger partial charge in [0, 0.05) is 39.0 Å². The fourth-order valence-corrected chi connectivity index (χ4v) is 2.48. The van der Waals surface area contributed by atoms with Gasteiger partial charge in [-0.25, -0.2) is 4.98 Å². The normalized spacial score (nSPS) is 10.7. The second-order valence-electron chi connectivity index (χ2n) is 4.35. The molecule has 2 rings (SSSR count). The molecule has 0 spiro atoms. The predicted molar refractivity (Wildman–Crippen MR) is 79.3 cm³/mol. The lowest BCUT2D eigenvalue weighted by molar-refractivity contribution is 0.412. The number of imidazole rings is 1. The molecule has 1 aromatic carbocycles. The number of nitrogens with one attached hydrogen (secondary N) is 1. The van der Waals surface area contributed by atoms with Gasteiger partial charge in [0.25, 0.3) is 0 Å². The molecule has 0 atom stereocenters. The topological polar surface area (TPSA) is 39.1 Å². The van der Waals surface area contributed by atoms with E-state index in [1.807, 2.05) is 30.1 Å². The Bertz CT molecular complexity index is 539. The van der Waals surface area contributed by atoms with E-state index in [0.29, 0.717) is 0 Å². The molecule has 0 bridgehead atoms. The van der Waals surface area contributed by atoms with Crippen LogP contribution in [0.25, 0.3) is 0 Å². The van der Waals surface area contributed by atoms with Crippen molar-refractivity contribution in [3.8, 4) is 5.75 Å². The number of aromatic nitrogens is 2. The van der Waals surface area contributed by atoms with Gasteiger partial charge >= 0.3 is 0 Å². The smallest absolute Gasteiger partial charge is 0.133 e. The van der Waals surface area contributed by atoms with Gasteiger partial charge in [0.1, 0.15) is 11.6 Å². The van der Waals surface area contributed by atoms with Gasteiger partial charge in [-0.05, 0) is 33.6 Å². The van der Waals surface area contributed by atoms with Crippen molar-refractivity contribution in [3.05, 3.63) is 46.5 Å². The largest absolute Gasteiger partial charge is 0.496 e. The Morgan fingerprint density at radius 3 is 2.89 bits per heavy atom. The third-order valence-corrected chi connectivity index (χ3v) is 3.61. The number of methoxy groups -OCH3 is 1. The number of nitrogens with zero attached hydrogens (tertiary/aromatic N) is 2. The average Bonchev–Trinajstić information content (AvgIpc) is 2.80. The summed E-state index contributed by atoms with van der Waals surface area (Å²) in [5.74, 6) is 1.96. The van der Waals surface area contributed by atoms with Gasteiger partial charge in [0.2, 0.25) is 0 Å². The van der Waals surface area contributed by atoms with Crippen molar-refractivity contribution in [2.24, 2.45) is 7.05 Å². The van der Waals surface area contributed by atoms with E-state index in [-0.39, 0.29) is 0 Å². The maximum absolute atomic E-state index is 5.21. The molecule has 5 heteroatoms. The first kappa shape index (κ1) is 14.1. The van der Waals surface area contributed by atoms with E-state index >= 15 is 0 Å². The summed E-state index contributed by atoms with van der Waals surface area (Å²) >= 11 is 3.49.